The van der Waals surface area contributed by atoms with Crippen molar-refractivity contribution in [3.8, 4) is 0 Å². The maximum atomic E-state index is 9.48. The Bertz CT molecular complexity index is 158. The van der Waals surface area contributed by atoms with E-state index in [1.807, 2.05) is 0 Å². The van der Waals surface area contributed by atoms with E-state index in [0.717, 1.165) is 0 Å². The molecule has 1 aliphatic rings. The van der Waals surface area contributed by atoms with E-state index in [0.29, 0.717) is 0 Å². The maximum Gasteiger partial charge on any atom is 0.253 e. The van der Waals surface area contributed by atoms with Crippen molar-refractivity contribution in [2.75, 3.05) is 7.11 Å². The highest BCUT2D eigenvalue weighted by Gasteiger charge is 2.49. The molecule has 1 fully saturated rings. The van der Waals surface area contributed by atoms with Crippen molar-refractivity contribution < 1.29 is 29.8 Å². The van der Waals surface area contributed by atoms with Crippen molar-refractivity contribution in [2.45, 2.75) is 37.6 Å². The van der Waals surface area contributed by atoms with Crippen LogP contribution < -0.4 is 0 Å². The summed E-state index contributed by atoms with van der Waals surface area (Å²) in [6.07, 6.45) is -5.49. The van der Waals surface area contributed by atoms with Crippen molar-refractivity contribution in [2.24, 2.45) is 0 Å². The molecule has 0 radical (unpaired) electrons. The Morgan fingerprint density at radius 2 is 1.69 bits per heavy atom. The third-order valence-corrected chi connectivity index (χ3v) is 2.19. The van der Waals surface area contributed by atoms with Gasteiger partial charge in [0.15, 0.2) is 25.6 Å². The number of hydrogen-bond acceptors (Lipinski definition) is 5. The molecule has 0 aromatic rings. The van der Waals surface area contributed by atoms with Crippen molar-refractivity contribution in [1.29, 1.82) is 0 Å². The Balaban J connectivity index is 2.76. The number of aliphatic hydroxyl groups excluding tert-OH is 3. The van der Waals surface area contributed by atoms with Crippen molar-refractivity contribution in [3.63, 3.8) is 0 Å². The minimum absolute atomic E-state index is 0.648. The Hall–Kier alpha value is -0.240. The van der Waals surface area contributed by atoms with Crippen LogP contribution >= 0.6 is 0 Å². The number of ether oxygens (including phenoxy) is 1. The van der Waals surface area contributed by atoms with Crippen LogP contribution in [0.3, 0.4) is 0 Å². The average Bonchev–Trinajstić information content (AvgIpc) is 2.01. The molecule has 1 aliphatic heterocycles. The summed E-state index contributed by atoms with van der Waals surface area (Å²) in [5.41, 5.74) is 0. The lowest BCUT2D eigenvalue weighted by Gasteiger charge is -2.37. The molecule has 6 nitrogen and oxygen atoms in total. The quantitative estimate of drug-likeness (QED) is 0.231. The molecule has 6 heteroatoms. The average molecular weight is 195 g/mol. The van der Waals surface area contributed by atoms with Gasteiger partial charge in [0.25, 0.3) is 6.10 Å². The largest absolute Gasteiger partial charge is 0.382 e. The SMILES string of the molecule is C[C@@H]1O[C@@H](O)[C@H](O)[C@H]([O+](C)O)[C@H]1O. The van der Waals surface area contributed by atoms with Gasteiger partial charge >= 0.3 is 0 Å². The lowest BCUT2D eigenvalue weighted by Crippen LogP contribution is -2.59. The van der Waals surface area contributed by atoms with Crippen LogP contribution in [0.1, 0.15) is 6.92 Å². The molecular formula is C7H15O6+. The molecule has 0 saturated carbocycles. The van der Waals surface area contributed by atoms with E-state index in [2.05, 4.69) is 0 Å². The van der Waals surface area contributed by atoms with Crippen molar-refractivity contribution >= 4 is 0 Å². The van der Waals surface area contributed by atoms with E-state index in [4.69, 9.17) is 15.1 Å². The first-order chi connectivity index (χ1) is 5.95. The van der Waals surface area contributed by atoms with E-state index in [9.17, 15) is 10.2 Å². The summed E-state index contributed by atoms with van der Waals surface area (Å²) in [6, 6.07) is 0. The summed E-state index contributed by atoms with van der Waals surface area (Å²) in [6.45, 7) is 1.54. The molecule has 1 saturated heterocycles. The summed E-state index contributed by atoms with van der Waals surface area (Å²) in [7, 11) is 1.21. The number of rotatable bonds is 1. The Morgan fingerprint density at radius 1 is 1.15 bits per heavy atom. The summed E-state index contributed by atoms with van der Waals surface area (Å²) >= 11 is 0. The molecule has 0 aliphatic carbocycles. The fourth-order valence-corrected chi connectivity index (χ4v) is 1.42. The summed E-state index contributed by atoms with van der Waals surface area (Å²) < 4.78 is 6.25. The van der Waals surface area contributed by atoms with E-state index in [1.165, 1.54) is 18.6 Å². The van der Waals surface area contributed by atoms with E-state index in [1.54, 1.807) is 0 Å². The molecule has 0 amide bonds. The number of hydrogen-bond donors (Lipinski definition) is 4. The second kappa shape index (κ2) is 3.87. The molecule has 0 unspecified atom stereocenters. The Kier molecular flexibility index (Phi) is 3.23. The lowest BCUT2D eigenvalue weighted by atomic mass is 10.00. The molecule has 78 valence electrons. The molecule has 1 heterocycles. The lowest BCUT2D eigenvalue weighted by molar-refractivity contribution is -0.480. The molecular weight excluding hydrogens is 180 g/mol. The van der Waals surface area contributed by atoms with Gasteiger partial charge in [-0.05, 0) is 6.92 Å². The van der Waals surface area contributed by atoms with Gasteiger partial charge in [0.2, 0.25) is 0 Å². The molecule has 0 spiro atoms. The summed E-state index contributed by atoms with van der Waals surface area (Å²) in [4.78, 5) is 0. The van der Waals surface area contributed by atoms with Crippen molar-refractivity contribution in [3.05, 3.63) is 0 Å². The van der Waals surface area contributed by atoms with Crippen LogP contribution in [0.25, 0.3) is 0 Å². The highest BCUT2D eigenvalue weighted by atomic mass is 17.2. The molecule has 5 atom stereocenters. The van der Waals surface area contributed by atoms with Gasteiger partial charge in [-0.15, -0.1) is 5.26 Å². The van der Waals surface area contributed by atoms with Crippen LogP contribution in [-0.2, 0) is 9.25 Å². The Morgan fingerprint density at radius 3 is 2.15 bits per heavy atom. The van der Waals surface area contributed by atoms with E-state index in [-0.39, 0.29) is 0 Å². The molecule has 0 aromatic heterocycles. The van der Waals surface area contributed by atoms with Crippen LogP contribution in [0.5, 0.6) is 0 Å². The van der Waals surface area contributed by atoms with Crippen LogP contribution in [0.15, 0.2) is 0 Å². The minimum atomic E-state index is -1.40. The first kappa shape index (κ1) is 10.8. The van der Waals surface area contributed by atoms with Gasteiger partial charge < -0.3 is 20.1 Å². The predicted octanol–water partition coefficient (Wildman–Crippen LogP) is -1.53. The van der Waals surface area contributed by atoms with E-state index < -0.39 is 30.7 Å². The Labute approximate surface area is 75.6 Å². The normalized spacial score (nSPS) is 46.8. The van der Waals surface area contributed by atoms with Gasteiger partial charge in [0.05, 0.1) is 6.10 Å². The summed E-state index contributed by atoms with van der Waals surface area (Å²) in [5, 5.41) is 37.0. The third-order valence-electron chi connectivity index (χ3n) is 2.19. The van der Waals surface area contributed by atoms with Gasteiger partial charge in [0.1, 0.15) is 0 Å². The van der Waals surface area contributed by atoms with Gasteiger partial charge in [0, 0.05) is 0 Å². The van der Waals surface area contributed by atoms with Crippen molar-refractivity contribution in [1.82, 2.24) is 0 Å². The molecule has 13 heavy (non-hydrogen) atoms. The second-order valence-electron chi connectivity index (χ2n) is 3.20. The van der Waals surface area contributed by atoms with Crippen LogP contribution in [0.4, 0.5) is 0 Å². The molecule has 4 N–H and O–H groups in total. The van der Waals surface area contributed by atoms with Gasteiger partial charge in [-0.1, -0.05) is 0 Å². The monoisotopic (exact) mass is 195 g/mol. The molecule has 0 bridgehead atoms. The highest BCUT2D eigenvalue weighted by Crippen LogP contribution is 2.23. The second-order valence-corrected chi connectivity index (χ2v) is 3.20. The molecule has 1 rings (SSSR count). The maximum absolute atomic E-state index is 9.48. The highest BCUT2D eigenvalue weighted by molar-refractivity contribution is 4.88. The zero-order valence-corrected chi connectivity index (χ0v) is 7.49. The van der Waals surface area contributed by atoms with Gasteiger partial charge in [-0.3, -0.25) is 0 Å². The fraction of sp³-hybridized carbons (Fsp3) is 1.00. The first-order valence-corrected chi connectivity index (χ1v) is 3.98. The smallest absolute Gasteiger partial charge is 0.253 e. The van der Waals surface area contributed by atoms with E-state index >= 15 is 0 Å². The zero-order chi connectivity index (χ0) is 10.2. The number of aliphatic hydroxyl groups is 3. The topological polar surface area (TPSA) is 92.9 Å². The van der Waals surface area contributed by atoms with Crippen LogP contribution in [0, 0.1) is 0 Å². The zero-order valence-electron chi connectivity index (χ0n) is 7.49. The fourth-order valence-electron chi connectivity index (χ4n) is 1.42. The van der Waals surface area contributed by atoms with Crippen LogP contribution in [0.2, 0.25) is 0 Å². The summed E-state index contributed by atoms with van der Waals surface area (Å²) in [5.74, 6) is 0. The van der Waals surface area contributed by atoms with Gasteiger partial charge in [-0.25, -0.2) is 4.52 Å². The van der Waals surface area contributed by atoms with Gasteiger partial charge in [-0.2, -0.15) is 0 Å². The first-order valence-electron chi connectivity index (χ1n) is 3.98. The minimum Gasteiger partial charge on any atom is -0.382 e. The molecule has 0 aromatic carbocycles. The van der Waals surface area contributed by atoms with Crippen LogP contribution in [-0.4, -0.2) is 58.4 Å². The predicted molar refractivity (Wildman–Crippen MR) is 42.0 cm³/mol. The third kappa shape index (κ3) is 1.98. The standard InChI is InChI=1S/C7H15O6/c1-3-4(8)6(13(2)11)5(9)7(10)12-3/h3-11H,1-2H3/q+1/t3-,4-,5+,6+,7+/m0/s1.